The minimum absolute atomic E-state index is 0.100. The molecule has 2 rings (SSSR count). The van der Waals surface area contributed by atoms with Crippen molar-refractivity contribution in [1.29, 1.82) is 0 Å². The van der Waals surface area contributed by atoms with E-state index in [1.807, 2.05) is 0 Å². The number of ether oxygens (including phenoxy) is 1. The molecule has 3 nitrogen and oxygen atoms in total. The first-order valence-electron chi connectivity index (χ1n) is 5.06. The number of benzene rings is 1. The Kier molecular flexibility index (Phi) is 4.58. The van der Waals surface area contributed by atoms with E-state index in [-0.39, 0.29) is 11.5 Å². The van der Waals surface area contributed by atoms with Crippen molar-refractivity contribution in [3.05, 3.63) is 49.1 Å². The SMILES string of the molecule is O=C(O)c1sccc1COc1cc(Cl)c(Cl)cc1Cl. The number of aromatic carboxylic acids is 1. The van der Waals surface area contributed by atoms with Crippen LogP contribution in [0.15, 0.2) is 23.6 Å². The highest BCUT2D eigenvalue weighted by atomic mass is 35.5. The van der Waals surface area contributed by atoms with Crippen molar-refractivity contribution in [2.45, 2.75) is 6.61 Å². The van der Waals surface area contributed by atoms with Gasteiger partial charge in [0.1, 0.15) is 17.2 Å². The molecule has 0 atom stereocenters. The van der Waals surface area contributed by atoms with Crippen molar-refractivity contribution in [3.63, 3.8) is 0 Å². The Morgan fingerprint density at radius 1 is 1.21 bits per heavy atom. The number of thiophene rings is 1. The summed E-state index contributed by atoms with van der Waals surface area (Å²) >= 11 is 18.8. The van der Waals surface area contributed by atoms with Gasteiger partial charge in [0.05, 0.1) is 15.1 Å². The van der Waals surface area contributed by atoms with E-state index in [4.69, 9.17) is 44.6 Å². The maximum absolute atomic E-state index is 11.0. The van der Waals surface area contributed by atoms with Gasteiger partial charge in [-0.25, -0.2) is 4.79 Å². The summed E-state index contributed by atoms with van der Waals surface area (Å²) in [7, 11) is 0. The van der Waals surface area contributed by atoms with Crippen molar-refractivity contribution in [3.8, 4) is 5.75 Å². The van der Waals surface area contributed by atoms with Crippen LogP contribution in [0.25, 0.3) is 0 Å². The van der Waals surface area contributed by atoms with Crippen LogP contribution in [0.5, 0.6) is 5.75 Å². The first kappa shape index (κ1) is 14.5. The number of halogens is 3. The molecule has 0 spiro atoms. The second-order valence-electron chi connectivity index (χ2n) is 3.57. The summed E-state index contributed by atoms with van der Waals surface area (Å²) in [5.74, 6) is -0.618. The highest BCUT2D eigenvalue weighted by Gasteiger charge is 2.13. The van der Waals surface area contributed by atoms with Gasteiger partial charge in [-0.3, -0.25) is 0 Å². The van der Waals surface area contributed by atoms with Gasteiger partial charge in [0.15, 0.2) is 0 Å². The molecule has 0 unspecified atom stereocenters. The molecule has 0 saturated carbocycles. The van der Waals surface area contributed by atoms with Crippen molar-refractivity contribution in [1.82, 2.24) is 0 Å². The molecule has 2 aromatic rings. The van der Waals surface area contributed by atoms with Gasteiger partial charge in [-0.15, -0.1) is 11.3 Å². The summed E-state index contributed by atoms with van der Waals surface area (Å²) in [4.78, 5) is 11.2. The van der Waals surface area contributed by atoms with E-state index in [0.717, 1.165) is 11.3 Å². The van der Waals surface area contributed by atoms with Gasteiger partial charge >= 0.3 is 5.97 Å². The minimum atomic E-state index is -0.978. The predicted octanol–water partition coefficient (Wildman–Crippen LogP) is 4.99. The van der Waals surface area contributed by atoms with Gasteiger partial charge in [-0.2, -0.15) is 0 Å². The Morgan fingerprint density at radius 3 is 2.58 bits per heavy atom. The van der Waals surface area contributed by atoms with Crippen LogP contribution in [0.4, 0.5) is 0 Å². The molecular formula is C12H7Cl3O3S. The number of carbonyl (C=O) groups is 1. The molecule has 0 aliphatic carbocycles. The van der Waals surface area contributed by atoms with E-state index in [2.05, 4.69) is 0 Å². The van der Waals surface area contributed by atoms with Crippen LogP contribution in [0.2, 0.25) is 15.1 Å². The minimum Gasteiger partial charge on any atom is -0.487 e. The molecule has 0 fully saturated rings. The van der Waals surface area contributed by atoms with Gasteiger partial charge in [0.25, 0.3) is 0 Å². The first-order chi connectivity index (χ1) is 8.99. The Balaban J connectivity index is 2.17. The maximum Gasteiger partial charge on any atom is 0.346 e. The molecule has 1 aromatic heterocycles. The van der Waals surface area contributed by atoms with Crippen molar-refractivity contribution >= 4 is 52.1 Å². The number of rotatable bonds is 4. The van der Waals surface area contributed by atoms with Crippen molar-refractivity contribution < 1.29 is 14.6 Å². The van der Waals surface area contributed by atoms with E-state index in [0.29, 0.717) is 26.4 Å². The normalized spacial score (nSPS) is 10.5. The molecule has 1 heterocycles. The standard InChI is InChI=1S/C12H7Cl3O3S/c13-7-3-9(15)10(4-8(7)14)18-5-6-1-2-19-11(6)12(16)17/h1-4H,5H2,(H,16,17). The van der Waals surface area contributed by atoms with E-state index >= 15 is 0 Å². The van der Waals surface area contributed by atoms with Crippen molar-refractivity contribution in [2.24, 2.45) is 0 Å². The quantitative estimate of drug-likeness (QED) is 0.800. The summed E-state index contributed by atoms with van der Waals surface area (Å²) < 4.78 is 5.48. The lowest BCUT2D eigenvalue weighted by Gasteiger charge is -2.09. The number of carboxylic acid groups (broad SMARTS) is 1. The second-order valence-corrected chi connectivity index (χ2v) is 5.70. The summed E-state index contributed by atoms with van der Waals surface area (Å²) in [6.45, 7) is 0.100. The average Bonchev–Trinajstić information content (AvgIpc) is 2.80. The molecule has 0 saturated heterocycles. The molecule has 7 heteroatoms. The predicted molar refractivity (Wildman–Crippen MR) is 77.1 cm³/mol. The third-order valence-corrected chi connectivity index (χ3v) is 4.26. The summed E-state index contributed by atoms with van der Waals surface area (Å²) in [6.07, 6.45) is 0. The van der Waals surface area contributed by atoms with Crippen LogP contribution in [0.3, 0.4) is 0 Å². The highest BCUT2D eigenvalue weighted by molar-refractivity contribution is 7.12. The molecular weight excluding hydrogens is 331 g/mol. The highest BCUT2D eigenvalue weighted by Crippen LogP contribution is 2.34. The summed E-state index contributed by atoms with van der Waals surface area (Å²) in [6, 6.07) is 4.67. The average molecular weight is 338 g/mol. The topological polar surface area (TPSA) is 46.5 Å². The van der Waals surface area contributed by atoms with E-state index in [1.54, 1.807) is 11.4 Å². The van der Waals surface area contributed by atoms with Gasteiger partial charge in [-0.05, 0) is 17.5 Å². The van der Waals surface area contributed by atoms with Gasteiger partial charge in [-0.1, -0.05) is 34.8 Å². The van der Waals surface area contributed by atoms with Crippen LogP contribution >= 0.6 is 46.1 Å². The van der Waals surface area contributed by atoms with Crippen LogP contribution < -0.4 is 4.74 Å². The Labute approximate surface area is 128 Å². The summed E-state index contributed by atoms with van der Waals surface area (Å²) in [5, 5.41) is 11.6. The third-order valence-electron chi connectivity index (χ3n) is 2.30. The fourth-order valence-corrected chi connectivity index (χ4v) is 2.75. The van der Waals surface area contributed by atoms with Gasteiger partial charge < -0.3 is 9.84 Å². The van der Waals surface area contributed by atoms with E-state index in [1.165, 1.54) is 12.1 Å². The Morgan fingerprint density at radius 2 is 1.89 bits per heavy atom. The fraction of sp³-hybridized carbons (Fsp3) is 0.0833. The molecule has 0 amide bonds. The van der Waals surface area contributed by atoms with Crippen LogP contribution in [-0.2, 0) is 6.61 Å². The molecule has 0 aliphatic heterocycles. The van der Waals surface area contributed by atoms with Crippen molar-refractivity contribution in [2.75, 3.05) is 0 Å². The molecule has 1 aromatic carbocycles. The lowest BCUT2D eigenvalue weighted by molar-refractivity contribution is 0.0699. The van der Waals surface area contributed by atoms with E-state index in [9.17, 15) is 4.79 Å². The molecule has 100 valence electrons. The van der Waals surface area contributed by atoms with Crippen LogP contribution in [-0.4, -0.2) is 11.1 Å². The monoisotopic (exact) mass is 336 g/mol. The number of hydrogen-bond acceptors (Lipinski definition) is 3. The zero-order valence-electron chi connectivity index (χ0n) is 9.32. The Hall–Kier alpha value is -0.940. The van der Waals surface area contributed by atoms with Crippen LogP contribution in [0.1, 0.15) is 15.2 Å². The zero-order valence-corrected chi connectivity index (χ0v) is 12.4. The van der Waals surface area contributed by atoms with E-state index < -0.39 is 5.97 Å². The molecule has 0 radical (unpaired) electrons. The molecule has 19 heavy (non-hydrogen) atoms. The largest absolute Gasteiger partial charge is 0.487 e. The lowest BCUT2D eigenvalue weighted by Crippen LogP contribution is -2.02. The number of carboxylic acids is 1. The zero-order chi connectivity index (χ0) is 14.0. The third kappa shape index (κ3) is 3.34. The second kappa shape index (κ2) is 6.01. The number of hydrogen-bond donors (Lipinski definition) is 1. The van der Waals surface area contributed by atoms with Gasteiger partial charge in [0, 0.05) is 11.6 Å². The van der Waals surface area contributed by atoms with Crippen LogP contribution in [0, 0.1) is 0 Å². The molecule has 1 N–H and O–H groups in total. The smallest absolute Gasteiger partial charge is 0.346 e. The first-order valence-corrected chi connectivity index (χ1v) is 7.07. The molecule has 0 bridgehead atoms. The maximum atomic E-state index is 11.0. The summed E-state index contributed by atoms with van der Waals surface area (Å²) in [5.41, 5.74) is 0.583. The van der Waals surface area contributed by atoms with Gasteiger partial charge in [0.2, 0.25) is 0 Å². The fourth-order valence-electron chi connectivity index (χ4n) is 1.41. The lowest BCUT2D eigenvalue weighted by atomic mass is 10.2. The molecule has 0 aliphatic rings. The Bertz CT molecular complexity index is 625.